The molecule has 7 heteroatoms. The van der Waals surface area contributed by atoms with Crippen molar-refractivity contribution in [1.29, 1.82) is 0 Å². The third-order valence-electron chi connectivity index (χ3n) is 4.42. The summed E-state index contributed by atoms with van der Waals surface area (Å²) in [7, 11) is 3.20. The van der Waals surface area contributed by atoms with Gasteiger partial charge in [-0.3, -0.25) is 9.89 Å². The zero-order chi connectivity index (χ0) is 18.1. The number of benzene rings is 1. The predicted molar refractivity (Wildman–Crippen MR) is 101 cm³/mol. The minimum absolute atomic E-state index is 0.120. The van der Waals surface area contributed by atoms with E-state index in [0.717, 1.165) is 29.8 Å². The second-order valence-corrected chi connectivity index (χ2v) is 7.08. The third-order valence-corrected chi connectivity index (χ3v) is 5.29. The third kappa shape index (κ3) is 3.06. The van der Waals surface area contributed by atoms with Crippen molar-refractivity contribution in [3.8, 4) is 22.8 Å². The van der Waals surface area contributed by atoms with E-state index < -0.39 is 0 Å². The second-order valence-electron chi connectivity index (χ2n) is 6.14. The highest BCUT2D eigenvalue weighted by atomic mass is 32.1. The Morgan fingerprint density at radius 1 is 1.23 bits per heavy atom. The monoisotopic (exact) mass is 369 g/mol. The summed E-state index contributed by atoms with van der Waals surface area (Å²) in [5, 5.41) is 12.5. The Bertz CT molecular complexity index is 930. The first-order valence-corrected chi connectivity index (χ1v) is 9.24. The van der Waals surface area contributed by atoms with Crippen LogP contribution in [0.4, 0.5) is 5.69 Å². The highest BCUT2D eigenvalue weighted by Gasteiger charge is 2.31. The molecule has 1 aromatic carbocycles. The van der Waals surface area contributed by atoms with Crippen molar-refractivity contribution < 1.29 is 14.3 Å². The molecule has 0 saturated heterocycles. The van der Waals surface area contributed by atoms with E-state index in [-0.39, 0.29) is 5.91 Å². The van der Waals surface area contributed by atoms with Gasteiger partial charge >= 0.3 is 0 Å². The number of rotatable bonds is 6. The van der Waals surface area contributed by atoms with Gasteiger partial charge in [0.1, 0.15) is 5.69 Å². The topological polar surface area (TPSA) is 76.2 Å². The van der Waals surface area contributed by atoms with Gasteiger partial charge in [-0.1, -0.05) is 6.07 Å². The number of methoxy groups -OCH3 is 2. The molecule has 0 spiro atoms. The fraction of sp³-hybridized carbons (Fsp3) is 0.263. The number of carbonyl (C=O) groups is 1. The molecular formula is C19H19N3O3S. The highest BCUT2D eigenvalue weighted by Crippen LogP contribution is 2.46. The number of anilines is 1. The lowest BCUT2D eigenvalue weighted by Crippen LogP contribution is -2.11. The summed E-state index contributed by atoms with van der Waals surface area (Å²) in [5.74, 6) is 1.58. The van der Waals surface area contributed by atoms with Crippen LogP contribution in [0.2, 0.25) is 0 Å². The molecule has 2 aromatic heterocycles. The van der Waals surface area contributed by atoms with Gasteiger partial charge in [0.25, 0.3) is 5.91 Å². The molecule has 4 rings (SSSR count). The number of aromatic amines is 1. The van der Waals surface area contributed by atoms with Crippen molar-refractivity contribution in [3.63, 3.8) is 0 Å². The van der Waals surface area contributed by atoms with Crippen molar-refractivity contribution in [2.45, 2.75) is 18.8 Å². The largest absolute Gasteiger partial charge is 0.493 e. The summed E-state index contributed by atoms with van der Waals surface area (Å²) < 4.78 is 10.7. The maximum atomic E-state index is 12.6. The van der Waals surface area contributed by atoms with Crippen LogP contribution < -0.4 is 14.8 Å². The Labute approximate surface area is 155 Å². The van der Waals surface area contributed by atoms with Gasteiger partial charge in [-0.05, 0) is 42.5 Å². The maximum Gasteiger partial charge on any atom is 0.265 e. The van der Waals surface area contributed by atoms with Crippen LogP contribution >= 0.6 is 11.3 Å². The van der Waals surface area contributed by atoms with E-state index >= 15 is 0 Å². The Balaban J connectivity index is 1.73. The van der Waals surface area contributed by atoms with Crippen LogP contribution in [-0.2, 0) is 0 Å². The number of amides is 1. The number of carbonyl (C=O) groups excluding carboxylic acids is 1. The van der Waals surface area contributed by atoms with Gasteiger partial charge in [-0.2, -0.15) is 5.10 Å². The van der Waals surface area contributed by atoms with Gasteiger partial charge in [0.05, 0.1) is 30.5 Å². The number of nitrogens with zero attached hydrogens (tertiary/aromatic N) is 1. The average Bonchev–Trinajstić information content (AvgIpc) is 3.19. The number of hydrogen-bond acceptors (Lipinski definition) is 5. The molecule has 0 unspecified atom stereocenters. The van der Waals surface area contributed by atoms with Crippen molar-refractivity contribution in [2.24, 2.45) is 0 Å². The smallest absolute Gasteiger partial charge is 0.265 e. The van der Waals surface area contributed by atoms with Gasteiger partial charge in [0.2, 0.25) is 0 Å². The van der Waals surface area contributed by atoms with Crippen LogP contribution in [0.25, 0.3) is 11.3 Å². The molecule has 1 fully saturated rings. The van der Waals surface area contributed by atoms with Crippen LogP contribution in [0, 0.1) is 0 Å². The lowest BCUT2D eigenvalue weighted by molar-refractivity contribution is 0.103. The highest BCUT2D eigenvalue weighted by molar-refractivity contribution is 7.12. The number of thiophene rings is 1. The van der Waals surface area contributed by atoms with Crippen LogP contribution in [0.3, 0.4) is 0 Å². The minimum Gasteiger partial charge on any atom is -0.493 e. The first-order chi connectivity index (χ1) is 12.7. The molecule has 1 aliphatic rings. The Morgan fingerprint density at radius 2 is 2.04 bits per heavy atom. The molecule has 2 N–H and O–H groups in total. The van der Waals surface area contributed by atoms with Gasteiger partial charge in [-0.15, -0.1) is 11.3 Å². The molecule has 3 aromatic rings. The Hall–Kier alpha value is -2.80. The minimum atomic E-state index is -0.120. The fourth-order valence-corrected chi connectivity index (χ4v) is 3.54. The summed E-state index contributed by atoms with van der Waals surface area (Å²) in [6.45, 7) is 0. The molecule has 6 nitrogen and oxygen atoms in total. The van der Waals surface area contributed by atoms with E-state index in [1.165, 1.54) is 11.3 Å². The standard InChI is InChI=1S/C19H19N3O3S/c1-24-13-8-7-12(10-14(13)25-2)17-18(16(21-22-17)11-5-6-11)20-19(23)15-4-3-9-26-15/h3-4,7-11H,5-6H2,1-2H3,(H,20,23)(H,21,22). The predicted octanol–water partition coefficient (Wildman–Crippen LogP) is 4.29. The first kappa shape index (κ1) is 16.7. The molecule has 0 bridgehead atoms. The molecule has 0 aliphatic heterocycles. The van der Waals surface area contributed by atoms with E-state index in [1.807, 2.05) is 35.7 Å². The van der Waals surface area contributed by atoms with Gasteiger partial charge in [0, 0.05) is 11.5 Å². The summed E-state index contributed by atoms with van der Waals surface area (Å²) >= 11 is 1.42. The molecule has 1 saturated carbocycles. The van der Waals surface area contributed by atoms with Crippen LogP contribution in [-0.4, -0.2) is 30.3 Å². The zero-order valence-electron chi connectivity index (χ0n) is 14.5. The SMILES string of the molecule is COc1ccc(-c2n[nH]c(C3CC3)c2NC(=O)c2cccs2)cc1OC. The van der Waals surface area contributed by atoms with Crippen molar-refractivity contribution >= 4 is 22.9 Å². The van der Waals surface area contributed by atoms with Crippen molar-refractivity contribution in [1.82, 2.24) is 10.2 Å². The van der Waals surface area contributed by atoms with E-state index in [2.05, 4.69) is 15.5 Å². The Kier molecular flexibility index (Phi) is 4.38. The fourth-order valence-electron chi connectivity index (χ4n) is 2.92. The normalized spacial score (nSPS) is 13.5. The molecule has 1 amide bonds. The van der Waals surface area contributed by atoms with Gasteiger partial charge in [0.15, 0.2) is 11.5 Å². The van der Waals surface area contributed by atoms with E-state index in [9.17, 15) is 4.79 Å². The lowest BCUT2D eigenvalue weighted by Gasteiger charge is -2.10. The number of aromatic nitrogens is 2. The van der Waals surface area contributed by atoms with Crippen LogP contribution in [0.1, 0.15) is 34.1 Å². The summed E-state index contributed by atoms with van der Waals surface area (Å²) in [6.07, 6.45) is 2.21. The number of hydrogen-bond donors (Lipinski definition) is 2. The maximum absolute atomic E-state index is 12.6. The van der Waals surface area contributed by atoms with Crippen molar-refractivity contribution in [3.05, 3.63) is 46.3 Å². The van der Waals surface area contributed by atoms with E-state index in [0.29, 0.717) is 28.0 Å². The van der Waals surface area contributed by atoms with Gasteiger partial charge < -0.3 is 14.8 Å². The van der Waals surface area contributed by atoms with Crippen LogP contribution in [0.15, 0.2) is 35.7 Å². The van der Waals surface area contributed by atoms with Gasteiger partial charge in [-0.25, -0.2) is 0 Å². The molecule has 26 heavy (non-hydrogen) atoms. The first-order valence-electron chi connectivity index (χ1n) is 8.36. The lowest BCUT2D eigenvalue weighted by atomic mass is 10.1. The molecule has 0 atom stereocenters. The molecule has 0 radical (unpaired) electrons. The Morgan fingerprint density at radius 3 is 2.69 bits per heavy atom. The summed E-state index contributed by atoms with van der Waals surface area (Å²) in [6, 6.07) is 9.30. The molecule has 134 valence electrons. The summed E-state index contributed by atoms with van der Waals surface area (Å²) in [4.78, 5) is 13.3. The molecule has 1 aliphatic carbocycles. The van der Waals surface area contributed by atoms with Crippen molar-refractivity contribution in [2.75, 3.05) is 19.5 Å². The molecule has 2 heterocycles. The number of ether oxygens (including phenoxy) is 2. The number of nitrogens with one attached hydrogen (secondary N) is 2. The van der Waals surface area contributed by atoms with E-state index in [4.69, 9.17) is 9.47 Å². The number of H-pyrrole nitrogens is 1. The average molecular weight is 369 g/mol. The van der Waals surface area contributed by atoms with E-state index in [1.54, 1.807) is 14.2 Å². The molecular weight excluding hydrogens is 350 g/mol. The summed E-state index contributed by atoms with van der Waals surface area (Å²) in [5.41, 5.74) is 3.29. The zero-order valence-corrected chi connectivity index (χ0v) is 15.4. The second kappa shape index (κ2) is 6.84. The quantitative estimate of drug-likeness (QED) is 0.680. The van der Waals surface area contributed by atoms with Crippen LogP contribution in [0.5, 0.6) is 11.5 Å².